The highest BCUT2D eigenvalue weighted by Gasteiger charge is 2.53. The van der Waals surface area contributed by atoms with Crippen LogP contribution in [0, 0.1) is 11.8 Å². The van der Waals surface area contributed by atoms with E-state index in [4.69, 9.17) is 9.84 Å². The predicted molar refractivity (Wildman–Crippen MR) is 44.1 cm³/mol. The molecule has 74 valence electrons. The van der Waals surface area contributed by atoms with Crippen molar-refractivity contribution in [2.75, 3.05) is 6.54 Å². The lowest BCUT2D eigenvalue weighted by Gasteiger charge is -2.37. The van der Waals surface area contributed by atoms with E-state index in [1.165, 1.54) is 0 Å². The molecule has 3 atom stereocenters. The van der Waals surface area contributed by atoms with Crippen molar-refractivity contribution < 1.29 is 19.4 Å². The first-order valence-electron chi connectivity index (χ1n) is 4.58. The number of carbonyl (C=O) groups is 2. The van der Waals surface area contributed by atoms with Gasteiger partial charge in [-0.3, -0.25) is 14.9 Å². The van der Waals surface area contributed by atoms with E-state index in [2.05, 4.69) is 5.32 Å². The number of hydrogen-bond acceptors (Lipinski definition) is 4. The van der Waals surface area contributed by atoms with Gasteiger partial charge in [0, 0.05) is 18.5 Å². The molecule has 14 heavy (non-hydrogen) atoms. The van der Waals surface area contributed by atoms with Crippen LogP contribution >= 0.6 is 0 Å². The van der Waals surface area contributed by atoms with Crippen LogP contribution in [0.1, 0.15) is 6.42 Å². The molecule has 1 fully saturated rings. The summed E-state index contributed by atoms with van der Waals surface area (Å²) in [7, 11) is 0. The molecule has 0 amide bonds. The quantitative estimate of drug-likeness (QED) is 0.589. The number of carboxylic acids is 1. The second-order valence-corrected chi connectivity index (χ2v) is 3.84. The Labute approximate surface area is 79.7 Å². The largest absolute Gasteiger partial charge is 0.481 e. The van der Waals surface area contributed by atoms with E-state index >= 15 is 0 Å². The fraction of sp³-hybridized carbons (Fsp3) is 0.556. The highest BCUT2D eigenvalue weighted by atomic mass is 16.5. The molecule has 2 aliphatic heterocycles. The van der Waals surface area contributed by atoms with Crippen molar-refractivity contribution in [3.63, 3.8) is 0 Å². The van der Waals surface area contributed by atoms with Gasteiger partial charge >= 0.3 is 5.97 Å². The first-order valence-corrected chi connectivity index (χ1v) is 4.58. The molecule has 1 saturated heterocycles. The summed E-state index contributed by atoms with van der Waals surface area (Å²) in [6.45, 7) is 0.592. The lowest BCUT2D eigenvalue weighted by molar-refractivity contribution is -0.146. The average molecular weight is 195 g/mol. The fourth-order valence-corrected chi connectivity index (χ4v) is 2.38. The van der Waals surface area contributed by atoms with Gasteiger partial charge in [-0.05, 0) is 0 Å². The summed E-state index contributed by atoms with van der Waals surface area (Å²) >= 11 is 0. The molecule has 3 aliphatic rings. The van der Waals surface area contributed by atoms with Gasteiger partial charge in [0.15, 0.2) is 6.23 Å². The van der Waals surface area contributed by atoms with E-state index in [0.29, 0.717) is 12.3 Å². The van der Waals surface area contributed by atoms with Gasteiger partial charge < -0.3 is 9.84 Å². The number of carbonyl (C=O) groups excluding carboxylic acids is 1. The molecular weight excluding hydrogens is 186 g/mol. The lowest BCUT2D eigenvalue weighted by Crippen LogP contribution is -2.42. The smallest absolute Gasteiger partial charge is 0.314 e. The molecule has 2 N–H and O–H groups in total. The maximum Gasteiger partial charge on any atom is 0.314 e. The zero-order valence-electron chi connectivity index (χ0n) is 7.32. The molecule has 0 aromatic heterocycles. The minimum Gasteiger partial charge on any atom is -0.481 e. The molecule has 0 aromatic rings. The van der Waals surface area contributed by atoms with Crippen molar-refractivity contribution >= 4 is 11.8 Å². The maximum atomic E-state index is 11.6. The summed E-state index contributed by atoms with van der Waals surface area (Å²) in [5, 5.41) is 11.9. The summed E-state index contributed by atoms with van der Waals surface area (Å²) in [5.41, 5.74) is 0.883. The molecule has 2 heterocycles. The van der Waals surface area contributed by atoms with Crippen LogP contribution in [-0.4, -0.2) is 29.6 Å². The number of hydrogen-bond donors (Lipinski definition) is 2. The molecule has 1 aliphatic carbocycles. The first-order chi connectivity index (χ1) is 6.68. The number of aliphatic carboxylic acids is 1. The van der Waals surface area contributed by atoms with E-state index in [1.807, 2.05) is 0 Å². The fourth-order valence-electron chi connectivity index (χ4n) is 2.38. The maximum absolute atomic E-state index is 11.6. The Morgan fingerprint density at radius 3 is 3.07 bits per heavy atom. The van der Waals surface area contributed by atoms with Crippen LogP contribution in [0.15, 0.2) is 11.3 Å². The summed E-state index contributed by atoms with van der Waals surface area (Å²) in [4.78, 5) is 22.4. The predicted octanol–water partition coefficient (Wildman–Crippen LogP) is -0.510. The van der Waals surface area contributed by atoms with Gasteiger partial charge in [-0.25, -0.2) is 0 Å². The van der Waals surface area contributed by atoms with E-state index in [9.17, 15) is 9.59 Å². The van der Waals surface area contributed by atoms with Crippen LogP contribution in [0.5, 0.6) is 0 Å². The Bertz CT molecular complexity index is 373. The van der Waals surface area contributed by atoms with Gasteiger partial charge in [0.05, 0.1) is 5.92 Å². The van der Waals surface area contributed by atoms with E-state index in [0.717, 1.165) is 5.57 Å². The molecule has 3 unspecified atom stereocenters. The van der Waals surface area contributed by atoms with Crippen molar-refractivity contribution in [3.05, 3.63) is 11.3 Å². The van der Waals surface area contributed by atoms with Gasteiger partial charge in [-0.2, -0.15) is 0 Å². The van der Waals surface area contributed by atoms with Gasteiger partial charge in [-0.1, -0.05) is 0 Å². The Kier molecular flexibility index (Phi) is 1.35. The first kappa shape index (κ1) is 7.99. The van der Waals surface area contributed by atoms with Crippen LogP contribution in [0.3, 0.4) is 0 Å². The van der Waals surface area contributed by atoms with Gasteiger partial charge in [0.25, 0.3) is 0 Å². The van der Waals surface area contributed by atoms with E-state index < -0.39 is 11.9 Å². The summed E-state index contributed by atoms with van der Waals surface area (Å²) in [6.07, 6.45) is -0.117. The standard InChI is InChI=1S/C9H9NO4/c11-5-1-3(9(12)13)7-6-4(5)2-10-8(6)14-7/h3-4,8,10H,1-2H2,(H,12,13). The molecule has 0 saturated carbocycles. The number of nitrogens with one attached hydrogen (secondary N) is 1. The second-order valence-electron chi connectivity index (χ2n) is 3.84. The average Bonchev–Trinajstić information content (AvgIpc) is 2.44. The Morgan fingerprint density at radius 1 is 1.57 bits per heavy atom. The summed E-state index contributed by atoms with van der Waals surface area (Å²) in [6, 6.07) is 0. The zero-order valence-corrected chi connectivity index (χ0v) is 7.32. The second kappa shape index (κ2) is 2.36. The van der Waals surface area contributed by atoms with Gasteiger partial charge in [0.1, 0.15) is 17.5 Å². The normalized spacial score (nSPS) is 38.9. The highest BCUT2D eigenvalue weighted by molar-refractivity contribution is 5.92. The Balaban J connectivity index is 2.05. The van der Waals surface area contributed by atoms with Gasteiger partial charge in [0.2, 0.25) is 0 Å². The molecule has 3 rings (SSSR count). The van der Waals surface area contributed by atoms with Crippen molar-refractivity contribution in [2.24, 2.45) is 11.8 Å². The van der Waals surface area contributed by atoms with E-state index in [1.54, 1.807) is 0 Å². The summed E-state index contributed by atoms with van der Waals surface area (Å²) < 4.78 is 5.29. The molecule has 0 radical (unpaired) electrons. The Morgan fingerprint density at radius 2 is 2.36 bits per heavy atom. The molecule has 5 heteroatoms. The molecule has 0 aromatic carbocycles. The third kappa shape index (κ3) is 0.778. The van der Waals surface area contributed by atoms with Crippen LogP contribution in [0.25, 0.3) is 0 Å². The lowest BCUT2D eigenvalue weighted by atomic mass is 9.79. The molecule has 0 spiro atoms. The number of Topliss-reactive ketones (excluding diaryl/α,β-unsaturated/α-hetero) is 1. The van der Waals surface area contributed by atoms with Crippen molar-refractivity contribution in [1.29, 1.82) is 0 Å². The molecule has 5 nitrogen and oxygen atoms in total. The van der Waals surface area contributed by atoms with Crippen LogP contribution < -0.4 is 5.32 Å². The third-order valence-corrected chi connectivity index (χ3v) is 3.10. The number of ether oxygens (including phenoxy) is 1. The topological polar surface area (TPSA) is 75.6 Å². The monoisotopic (exact) mass is 195 g/mol. The summed E-state index contributed by atoms with van der Waals surface area (Å²) in [5.74, 6) is -1.29. The van der Waals surface area contributed by atoms with E-state index in [-0.39, 0.29) is 24.3 Å². The van der Waals surface area contributed by atoms with Crippen LogP contribution in [-0.2, 0) is 14.3 Å². The number of ketones is 1. The van der Waals surface area contributed by atoms with Crippen LogP contribution in [0.4, 0.5) is 0 Å². The van der Waals surface area contributed by atoms with Crippen molar-refractivity contribution in [2.45, 2.75) is 12.6 Å². The minimum absolute atomic E-state index is 0.0226. The molecular formula is C9H9NO4. The van der Waals surface area contributed by atoms with Crippen molar-refractivity contribution in [3.8, 4) is 0 Å². The highest BCUT2D eigenvalue weighted by Crippen LogP contribution is 2.45. The van der Waals surface area contributed by atoms with Crippen LogP contribution in [0.2, 0.25) is 0 Å². The Hall–Kier alpha value is -1.36. The third-order valence-electron chi connectivity index (χ3n) is 3.10. The zero-order chi connectivity index (χ0) is 9.87. The number of carboxylic acid groups (broad SMARTS) is 1. The van der Waals surface area contributed by atoms with Crippen molar-refractivity contribution in [1.82, 2.24) is 5.32 Å². The molecule has 0 bridgehead atoms. The minimum atomic E-state index is -0.968. The number of rotatable bonds is 1. The SMILES string of the molecule is O=C(O)C1CC(=O)C2CNC3OC1=C32. The van der Waals surface area contributed by atoms with Gasteiger partial charge in [-0.15, -0.1) is 0 Å².